The second-order valence-corrected chi connectivity index (χ2v) is 9.62. The Morgan fingerprint density at radius 3 is 2.32 bits per heavy atom. The highest BCUT2D eigenvalue weighted by Gasteiger charge is 2.31. The number of aryl methyl sites for hydroxylation is 1. The number of hydrogen-bond acceptors (Lipinski definition) is 5. The highest BCUT2D eigenvalue weighted by atomic mass is 16.5. The molecule has 5 rings (SSSR count). The van der Waals surface area contributed by atoms with Crippen LogP contribution >= 0.6 is 0 Å². The van der Waals surface area contributed by atoms with Gasteiger partial charge in [-0.05, 0) is 55.7 Å². The Morgan fingerprint density at radius 2 is 1.62 bits per heavy atom. The molecule has 0 spiro atoms. The topological polar surface area (TPSA) is 55.3 Å². The minimum absolute atomic E-state index is 0.210. The van der Waals surface area contributed by atoms with Crippen LogP contribution in [0, 0.1) is 6.92 Å². The number of ketones is 1. The van der Waals surface area contributed by atoms with Crippen molar-refractivity contribution < 1.29 is 9.53 Å². The van der Waals surface area contributed by atoms with E-state index in [1.165, 1.54) is 18.4 Å². The lowest BCUT2D eigenvalue weighted by molar-refractivity contribution is -0.117. The smallest absolute Gasteiger partial charge is 0.141 e. The highest BCUT2D eigenvalue weighted by Crippen LogP contribution is 2.40. The quantitative estimate of drug-likeness (QED) is 0.455. The zero-order valence-electron chi connectivity index (χ0n) is 20.2. The van der Waals surface area contributed by atoms with Crippen LogP contribution in [0.4, 0.5) is 5.82 Å². The maximum Gasteiger partial charge on any atom is 0.141 e. The normalized spacial score (nSPS) is 16.5. The van der Waals surface area contributed by atoms with Crippen LogP contribution in [0.2, 0.25) is 0 Å². The van der Waals surface area contributed by atoms with Crippen LogP contribution in [-0.2, 0) is 17.6 Å². The lowest BCUT2D eigenvalue weighted by Gasteiger charge is -2.35. The number of para-hydroxylation sites is 1. The van der Waals surface area contributed by atoms with Crippen LogP contribution in [0.5, 0.6) is 5.75 Å². The molecule has 0 radical (unpaired) electrons. The number of Topliss-reactive ketones (excluding diaryl/α,β-unsaturated/α-hetero) is 1. The Hall–Kier alpha value is -3.21. The van der Waals surface area contributed by atoms with Crippen molar-refractivity contribution in [1.29, 1.82) is 0 Å². The first-order valence-corrected chi connectivity index (χ1v) is 12.4. The molecule has 2 fully saturated rings. The van der Waals surface area contributed by atoms with E-state index in [0.717, 1.165) is 60.1 Å². The Bertz CT molecular complexity index is 1150. The molecule has 2 heterocycles. The molecular formula is C29H33N3O2. The van der Waals surface area contributed by atoms with Crippen LogP contribution in [0.15, 0.2) is 54.6 Å². The van der Waals surface area contributed by atoms with E-state index in [1.54, 1.807) is 7.11 Å². The molecule has 1 aromatic heterocycles. The summed E-state index contributed by atoms with van der Waals surface area (Å²) in [7, 11) is 1.75. The molecule has 0 bridgehead atoms. The zero-order chi connectivity index (χ0) is 23.5. The van der Waals surface area contributed by atoms with E-state index in [4.69, 9.17) is 14.7 Å². The lowest BCUT2D eigenvalue weighted by Crippen LogP contribution is -2.35. The molecule has 5 nitrogen and oxygen atoms in total. The van der Waals surface area contributed by atoms with Crippen molar-refractivity contribution in [3.8, 4) is 5.75 Å². The fraction of sp³-hybridized carbons (Fsp3) is 0.414. The first-order valence-electron chi connectivity index (χ1n) is 12.4. The van der Waals surface area contributed by atoms with Crippen LogP contribution in [0.1, 0.15) is 65.7 Å². The van der Waals surface area contributed by atoms with Crippen molar-refractivity contribution >= 4 is 11.6 Å². The van der Waals surface area contributed by atoms with Gasteiger partial charge in [0.05, 0.1) is 7.11 Å². The average molecular weight is 456 g/mol. The molecular weight excluding hydrogens is 422 g/mol. The number of nitrogens with zero attached hydrogens (tertiary/aromatic N) is 3. The predicted octanol–water partition coefficient (Wildman–Crippen LogP) is 5.41. The van der Waals surface area contributed by atoms with Gasteiger partial charge in [-0.25, -0.2) is 9.97 Å². The second-order valence-electron chi connectivity index (χ2n) is 9.62. The van der Waals surface area contributed by atoms with Crippen LogP contribution < -0.4 is 9.64 Å². The summed E-state index contributed by atoms with van der Waals surface area (Å²) in [6.07, 6.45) is 5.24. The van der Waals surface area contributed by atoms with Gasteiger partial charge in [-0.1, -0.05) is 48.5 Å². The number of methoxy groups -OCH3 is 1. The number of piperidine rings is 1. The molecule has 0 atom stereocenters. The molecule has 0 unspecified atom stereocenters. The molecule has 5 heteroatoms. The maximum atomic E-state index is 13.0. The van der Waals surface area contributed by atoms with E-state index in [0.29, 0.717) is 24.7 Å². The molecule has 2 aromatic carbocycles. The van der Waals surface area contributed by atoms with E-state index >= 15 is 0 Å². The summed E-state index contributed by atoms with van der Waals surface area (Å²) < 4.78 is 5.61. The Kier molecular flexibility index (Phi) is 6.61. The summed E-state index contributed by atoms with van der Waals surface area (Å²) in [6.45, 7) is 3.88. The standard InChI is InChI=1S/C29H33N3O2/c1-20-26(19-24(33)18-21-8-4-3-5-9-21)29(31-28(30-20)23-12-13-23)32-16-14-22(15-17-32)25-10-6-7-11-27(25)34-2/h3-11,22-23H,12-19H2,1-2H3. The largest absolute Gasteiger partial charge is 0.496 e. The second kappa shape index (κ2) is 9.96. The monoisotopic (exact) mass is 455 g/mol. The summed E-state index contributed by atoms with van der Waals surface area (Å²) >= 11 is 0. The van der Waals surface area contributed by atoms with Crippen LogP contribution in [-0.4, -0.2) is 36.0 Å². The van der Waals surface area contributed by atoms with Gasteiger partial charge in [-0.15, -0.1) is 0 Å². The number of anilines is 1. The Morgan fingerprint density at radius 1 is 0.912 bits per heavy atom. The molecule has 34 heavy (non-hydrogen) atoms. The molecule has 1 saturated heterocycles. The summed E-state index contributed by atoms with van der Waals surface area (Å²) in [5.41, 5.74) is 4.31. The van der Waals surface area contributed by atoms with E-state index in [-0.39, 0.29) is 5.78 Å². The number of benzene rings is 2. The first-order chi connectivity index (χ1) is 16.6. The fourth-order valence-electron chi connectivity index (χ4n) is 5.08. The van der Waals surface area contributed by atoms with Crippen LogP contribution in [0.3, 0.4) is 0 Å². The van der Waals surface area contributed by atoms with E-state index < -0.39 is 0 Å². The molecule has 0 amide bonds. The predicted molar refractivity (Wildman–Crippen MR) is 135 cm³/mol. The molecule has 0 N–H and O–H groups in total. The highest BCUT2D eigenvalue weighted by molar-refractivity contribution is 5.84. The van der Waals surface area contributed by atoms with Crippen LogP contribution in [0.25, 0.3) is 0 Å². The van der Waals surface area contributed by atoms with Gasteiger partial charge in [0, 0.05) is 43.1 Å². The molecule has 176 valence electrons. The Labute approximate surface area is 202 Å². The SMILES string of the molecule is COc1ccccc1C1CCN(c2nc(C3CC3)nc(C)c2CC(=O)Cc2ccccc2)CC1. The first kappa shape index (κ1) is 22.6. The van der Waals surface area contributed by atoms with Gasteiger partial charge >= 0.3 is 0 Å². The molecule has 1 saturated carbocycles. The molecule has 1 aliphatic carbocycles. The van der Waals surface area contributed by atoms with Crippen molar-refractivity contribution in [1.82, 2.24) is 9.97 Å². The number of aromatic nitrogens is 2. The van der Waals surface area contributed by atoms with Gasteiger partial charge in [0.15, 0.2) is 0 Å². The zero-order valence-corrected chi connectivity index (χ0v) is 20.2. The number of rotatable bonds is 8. The van der Waals surface area contributed by atoms with Gasteiger partial charge in [0.2, 0.25) is 0 Å². The summed E-state index contributed by atoms with van der Waals surface area (Å²) in [5.74, 6) is 4.08. The van der Waals surface area contributed by atoms with E-state index in [1.807, 2.05) is 49.4 Å². The third kappa shape index (κ3) is 4.98. The molecule has 3 aromatic rings. The third-order valence-electron chi connectivity index (χ3n) is 7.14. The third-order valence-corrected chi connectivity index (χ3v) is 7.14. The summed E-state index contributed by atoms with van der Waals surface area (Å²) in [6, 6.07) is 18.3. The maximum absolute atomic E-state index is 13.0. The van der Waals surface area contributed by atoms with E-state index in [9.17, 15) is 4.79 Å². The van der Waals surface area contributed by atoms with Gasteiger partial charge < -0.3 is 9.64 Å². The van der Waals surface area contributed by atoms with Crippen molar-refractivity contribution in [3.05, 3.63) is 82.8 Å². The summed E-state index contributed by atoms with van der Waals surface area (Å²) in [5, 5.41) is 0. The molecule has 1 aliphatic heterocycles. The van der Waals surface area contributed by atoms with Crippen molar-refractivity contribution in [2.24, 2.45) is 0 Å². The van der Waals surface area contributed by atoms with Gasteiger partial charge in [-0.3, -0.25) is 4.79 Å². The van der Waals surface area contributed by atoms with Crippen molar-refractivity contribution in [2.45, 2.75) is 57.3 Å². The number of ether oxygens (including phenoxy) is 1. The van der Waals surface area contributed by atoms with Crippen molar-refractivity contribution in [3.63, 3.8) is 0 Å². The Balaban J connectivity index is 1.36. The summed E-state index contributed by atoms with van der Waals surface area (Å²) in [4.78, 5) is 25.3. The minimum atomic E-state index is 0.210. The van der Waals surface area contributed by atoms with Crippen molar-refractivity contribution in [2.75, 3.05) is 25.1 Å². The molecule has 2 aliphatic rings. The van der Waals surface area contributed by atoms with E-state index in [2.05, 4.69) is 17.0 Å². The lowest BCUT2D eigenvalue weighted by atomic mass is 9.88. The number of carbonyl (C=O) groups excluding carboxylic acids is 1. The van der Waals surface area contributed by atoms with Gasteiger partial charge in [-0.2, -0.15) is 0 Å². The number of hydrogen-bond donors (Lipinski definition) is 0. The minimum Gasteiger partial charge on any atom is -0.496 e. The number of carbonyl (C=O) groups is 1. The average Bonchev–Trinajstić information content (AvgIpc) is 3.71. The van der Waals surface area contributed by atoms with Gasteiger partial charge in [0.25, 0.3) is 0 Å². The fourth-order valence-corrected chi connectivity index (χ4v) is 5.08. The van der Waals surface area contributed by atoms with Gasteiger partial charge in [0.1, 0.15) is 23.2 Å².